The van der Waals surface area contributed by atoms with Crippen molar-refractivity contribution in [2.75, 3.05) is 12.5 Å². The number of hydrogen-bond acceptors (Lipinski definition) is 4. The molecular formula is C16H14Cl3N3O3S. The van der Waals surface area contributed by atoms with Gasteiger partial charge in [0.1, 0.15) is 0 Å². The molecule has 0 atom stereocenters. The Hall–Kier alpha value is -1.77. The third kappa shape index (κ3) is 5.36. The van der Waals surface area contributed by atoms with Crippen LogP contribution in [-0.2, 0) is 14.8 Å². The SMILES string of the molecule is CNS(=O)(=O)c1ccc(/C=C/C(=O)NNc2c(Cl)cc(Cl)cc2Cl)cc1. The number of nitrogens with one attached hydrogen (secondary N) is 3. The fraction of sp³-hybridized carbons (Fsp3) is 0.0625. The van der Waals surface area contributed by atoms with Gasteiger partial charge in [-0.25, -0.2) is 13.1 Å². The van der Waals surface area contributed by atoms with Crippen LogP contribution in [0.2, 0.25) is 15.1 Å². The van der Waals surface area contributed by atoms with Gasteiger partial charge >= 0.3 is 0 Å². The van der Waals surface area contributed by atoms with Crippen LogP contribution in [-0.4, -0.2) is 21.4 Å². The van der Waals surface area contributed by atoms with Crippen molar-refractivity contribution < 1.29 is 13.2 Å². The highest BCUT2D eigenvalue weighted by Crippen LogP contribution is 2.33. The lowest BCUT2D eigenvalue weighted by atomic mass is 10.2. The average molecular weight is 435 g/mol. The van der Waals surface area contributed by atoms with Crippen molar-refractivity contribution in [3.63, 3.8) is 0 Å². The summed E-state index contributed by atoms with van der Waals surface area (Å²) >= 11 is 17.8. The predicted molar refractivity (Wildman–Crippen MR) is 105 cm³/mol. The summed E-state index contributed by atoms with van der Waals surface area (Å²) in [5.41, 5.74) is 6.01. The minimum Gasteiger partial charge on any atom is -0.295 e. The van der Waals surface area contributed by atoms with E-state index in [9.17, 15) is 13.2 Å². The van der Waals surface area contributed by atoms with Crippen molar-refractivity contribution in [2.24, 2.45) is 0 Å². The van der Waals surface area contributed by atoms with Crippen molar-refractivity contribution in [3.8, 4) is 0 Å². The number of benzene rings is 2. The molecule has 0 bridgehead atoms. The van der Waals surface area contributed by atoms with Crippen LogP contribution >= 0.6 is 34.8 Å². The molecule has 0 aliphatic heterocycles. The molecule has 3 N–H and O–H groups in total. The summed E-state index contributed by atoms with van der Waals surface area (Å²) in [6, 6.07) is 9.01. The molecule has 1 amide bonds. The topological polar surface area (TPSA) is 87.3 Å². The van der Waals surface area contributed by atoms with Gasteiger partial charge in [0.2, 0.25) is 10.0 Å². The van der Waals surface area contributed by atoms with Crippen molar-refractivity contribution in [1.29, 1.82) is 0 Å². The first-order valence-electron chi connectivity index (χ1n) is 7.15. The highest BCUT2D eigenvalue weighted by Gasteiger charge is 2.10. The lowest BCUT2D eigenvalue weighted by molar-refractivity contribution is -0.115. The second-order valence-corrected chi connectivity index (χ2v) is 8.11. The average Bonchev–Trinajstić information content (AvgIpc) is 2.59. The molecule has 0 aliphatic carbocycles. The zero-order valence-corrected chi connectivity index (χ0v) is 16.5. The molecular weight excluding hydrogens is 421 g/mol. The van der Waals surface area contributed by atoms with Gasteiger partial charge in [-0.2, -0.15) is 0 Å². The summed E-state index contributed by atoms with van der Waals surface area (Å²) in [7, 11) is -2.16. The monoisotopic (exact) mass is 433 g/mol. The fourth-order valence-corrected chi connectivity index (χ4v) is 3.52. The van der Waals surface area contributed by atoms with E-state index in [1.165, 1.54) is 43.5 Å². The van der Waals surface area contributed by atoms with Gasteiger partial charge in [-0.05, 0) is 43.0 Å². The van der Waals surface area contributed by atoms with E-state index < -0.39 is 15.9 Å². The van der Waals surface area contributed by atoms with Gasteiger partial charge in [-0.1, -0.05) is 46.9 Å². The minimum atomic E-state index is -3.49. The number of hydrazine groups is 1. The first-order valence-corrected chi connectivity index (χ1v) is 9.77. The molecule has 0 heterocycles. The van der Waals surface area contributed by atoms with E-state index in [2.05, 4.69) is 15.6 Å². The molecule has 26 heavy (non-hydrogen) atoms. The summed E-state index contributed by atoms with van der Waals surface area (Å²) in [5, 5.41) is 0.890. The number of halogens is 3. The molecule has 0 spiro atoms. The second-order valence-electron chi connectivity index (χ2n) is 4.97. The first-order chi connectivity index (χ1) is 12.2. The number of rotatable bonds is 6. The maximum atomic E-state index is 11.9. The summed E-state index contributed by atoms with van der Waals surface area (Å²) in [4.78, 5) is 12.0. The molecule has 2 rings (SSSR count). The maximum absolute atomic E-state index is 11.9. The minimum absolute atomic E-state index is 0.135. The molecule has 0 unspecified atom stereocenters. The van der Waals surface area contributed by atoms with Crippen LogP contribution in [0.15, 0.2) is 47.4 Å². The largest absolute Gasteiger partial charge is 0.295 e. The third-order valence-electron chi connectivity index (χ3n) is 3.20. The molecule has 10 heteroatoms. The van der Waals surface area contributed by atoms with Crippen LogP contribution in [0.25, 0.3) is 6.08 Å². The second kappa shape index (κ2) is 8.75. The summed E-state index contributed by atoms with van der Waals surface area (Å²) in [6.45, 7) is 0. The zero-order valence-electron chi connectivity index (χ0n) is 13.4. The van der Waals surface area contributed by atoms with Gasteiger partial charge in [0.05, 0.1) is 20.6 Å². The number of carbonyl (C=O) groups excluding carboxylic acids is 1. The highest BCUT2D eigenvalue weighted by atomic mass is 35.5. The van der Waals surface area contributed by atoms with Crippen molar-refractivity contribution in [2.45, 2.75) is 4.90 Å². The van der Waals surface area contributed by atoms with E-state index in [1.54, 1.807) is 12.1 Å². The number of anilines is 1. The first kappa shape index (κ1) is 20.5. The van der Waals surface area contributed by atoms with E-state index in [1.807, 2.05) is 0 Å². The van der Waals surface area contributed by atoms with Gasteiger partial charge in [-0.3, -0.25) is 15.6 Å². The standard InChI is InChI=1S/C16H14Cl3N3O3S/c1-20-26(24,25)12-5-2-10(3-6-12)4-7-15(23)21-22-16-13(18)8-11(17)9-14(16)19/h2-9,20,22H,1H3,(H,21,23)/b7-4+. The number of sulfonamides is 1. The van der Waals surface area contributed by atoms with Crippen LogP contribution in [0, 0.1) is 0 Å². The van der Waals surface area contributed by atoms with Gasteiger partial charge < -0.3 is 0 Å². The van der Waals surface area contributed by atoms with Gasteiger partial charge in [-0.15, -0.1) is 0 Å². The van der Waals surface area contributed by atoms with Crippen molar-refractivity contribution in [3.05, 3.63) is 63.1 Å². The van der Waals surface area contributed by atoms with E-state index in [-0.39, 0.29) is 14.9 Å². The van der Waals surface area contributed by atoms with E-state index in [0.717, 1.165) is 0 Å². The molecule has 0 saturated carbocycles. The quantitative estimate of drug-likeness (QED) is 0.478. The maximum Gasteiger partial charge on any atom is 0.262 e. The molecule has 2 aromatic rings. The molecule has 0 radical (unpaired) electrons. The lowest BCUT2D eigenvalue weighted by Crippen LogP contribution is -2.27. The Balaban J connectivity index is 2.00. The smallest absolute Gasteiger partial charge is 0.262 e. The predicted octanol–water partition coefficient (Wildman–Crippen LogP) is 3.71. The Kier molecular flexibility index (Phi) is 6.91. The normalized spacial score (nSPS) is 11.5. The molecule has 0 fully saturated rings. The zero-order chi connectivity index (χ0) is 19.3. The molecule has 6 nitrogen and oxygen atoms in total. The van der Waals surface area contributed by atoms with E-state index in [0.29, 0.717) is 16.3 Å². The number of hydrogen-bond donors (Lipinski definition) is 3. The van der Waals surface area contributed by atoms with Crippen molar-refractivity contribution in [1.82, 2.24) is 10.1 Å². The molecule has 138 valence electrons. The van der Waals surface area contributed by atoms with E-state index in [4.69, 9.17) is 34.8 Å². The fourth-order valence-electron chi connectivity index (χ4n) is 1.88. The van der Waals surface area contributed by atoms with Crippen LogP contribution in [0.5, 0.6) is 0 Å². The number of amides is 1. The third-order valence-corrected chi connectivity index (χ3v) is 5.45. The van der Waals surface area contributed by atoms with Gasteiger partial charge in [0, 0.05) is 11.1 Å². The van der Waals surface area contributed by atoms with Gasteiger partial charge in [0.25, 0.3) is 5.91 Å². The Morgan fingerprint density at radius 3 is 2.15 bits per heavy atom. The summed E-state index contributed by atoms with van der Waals surface area (Å²) in [6.07, 6.45) is 2.80. The Labute approximate surface area is 166 Å². The summed E-state index contributed by atoms with van der Waals surface area (Å²) < 4.78 is 25.5. The summed E-state index contributed by atoms with van der Waals surface area (Å²) in [5.74, 6) is -0.459. The Bertz CT molecular complexity index is 922. The van der Waals surface area contributed by atoms with Gasteiger partial charge in [0.15, 0.2) is 0 Å². The highest BCUT2D eigenvalue weighted by molar-refractivity contribution is 7.89. The lowest BCUT2D eigenvalue weighted by Gasteiger charge is -2.10. The van der Waals surface area contributed by atoms with E-state index >= 15 is 0 Å². The van der Waals surface area contributed by atoms with Crippen LogP contribution in [0.1, 0.15) is 5.56 Å². The molecule has 2 aromatic carbocycles. The van der Waals surface area contributed by atoms with Crippen LogP contribution in [0.4, 0.5) is 5.69 Å². The molecule has 0 saturated heterocycles. The molecule has 0 aliphatic rings. The van der Waals surface area contributed by atoms with Crippen LogP contribution < -0.4 is 15.6 Å². The Morgan fingerprint density at radius 2 is 1.62 bits per heavy atom. The van der Waals surface area contributed by atoms with Crippen LogP contribution in [0.3, 0.4) is 0 Å². The molecule has 0 aromatic heterocycles. The Morgan fingerprint density at radius 1 is 1.04 bits per heavy atom. The number of carbonyl (C=O) groups is 1. The van der Waals surface area contributed by atoms with Crippen molar-refractivity contribution >= 4 is 62.5 Å².